The molecule has 0 aromatic rings. The first-order valence-electron chi connectivity index (χ1n) is 0.998. The molecule has 30 valence electrons. The van der Waals surface area contributed by atoms with Gasteiger partial charge in [-0.3, -0.25) is 0 Å². The summed E-state index contributed by atoms with van der Waals surface area (Å²) in [5.74, 6) is 4.49. The van der Waals surface area contributed by atoms with Gasteiger partial charge in [0.05, 0.1) is 0 Å². The topological polar surface area (TPSA) is 74.6 Å². The van der Waals surface area contributed by atoms with E-state index in [0.717, 1.165) is 6.34 Å². The van der Waals surface area contributed by atoms with Crippen LogP contribution in [0.4, 0.5) is 0 Å². The molecule has 0 spiro atoms. The van der Waals surface area contributed by atoms with Crippen molar-refractivity contribution in [2.75, 3.05) is 0 Å². The van der Waals surface area contributed by atoms with E-state index in [4.69, 9.17) is 5.53 Å². The number of hydrogen-bond acceptors (Lipinski definition) is 3. The number of nitrogens with one attached hydrogen (secondary N) is 1. The van der Waals surface area contributed by atoms with Crippen LogP contribution in [0.3, 0.4) is 0 Å². The van der Waals surface area contributed by atoms with Gasteiger partial charge in [0.1, 0.15) is 0 Å². The maximum Gasteiger partial charge on any atom is 0.156 e. The largest absolute Gasteiger partial charge is 0.322 e. The summed E-state index contributed by atoms with van der Waals surface area (Å²) in [5, 5.41) is 5.56. The fraction of sp³-hybridized carbons (Fsp3) is 0. The van der Waals surface area contributed by atoms with Crippen LogP contribution in [0.15, 0.2) is 10.2 Å². The van der Waals surface area contributed by atoms with Crippen LogP contribution < -0.4 is 5.84 Å². The first-order valence-corrected chi connectivity index (χ1v) is 0.998. The third kappa shape index (κ3) is 9.00. The van der Waals surface area contributed by atoms with Crippen LogP contribution in [-0.2, 0) is 27.7 Å². The van der Waals surface area contributed by atoms with Crippen LogP contribution in [0.1, 0.15) is 0 Å². The molecular formula is CH4HgN4. The van der Waals surface area contributed by atoms with Gasteiger partial charge in [0.2, 0.25) is 0 Å². The van der Waals surface area contributed by atoms with Gasteiger partial charge in [-0.15, -0.1) is 5.11 Å². The summed E-state index contributed by atoms with van der Waals surface area (Å²) < 4.78 is 0. The van der Waals surface area contributed by atoms with Gasteiger partial charge in [-0.25, -0.2) is 5.53 Å². The summed E-state index contributed by atoms with van der Waals surface area (Å²) in [6.07, 6.45) is 0.944. The first-order chi connectivity index (χ1) is 2.41. The van der Waals surface area contributed by atoms with Gasteiger partial charge >= 0.3 is 0 Å². The van der Waals surface area contributed by atoms with Gasteiger partial charge in [-0.2, -0.15) is 5.10 Å². The summed E-state index contributed by atoms with van der Waals surface area (Å²) >= 11 is 0. The van der Waals surface area contributed by atoms with E-state index in [2.05, 4.69) is 16.1 Å². The summed E-state index contributed by atoms with van der Waals surface area (Å²) in [4.78, 5) is 0. The van der Waals surface area contributed by atoms with Gasteiger partial charge in [0.25, 0.3) is 0 Å². The van der Waals surface area contributed by atoms with Gasteiger partial charge in [0, 0.05) is 27.7 Å². The Kier molecular flexibility index (Phi) is 13.9. The van der Waals surface area contributed by atoms with Crippen LogP contribution in [0.25, 0.3) is 0 Å². The molecule has 0 atom stereocenters. The zero-order valence-electron chi connectivity index (χ0n) is 3.26. The minimum Gasteiger partial charge on any atom is -0.322 e. The minimum absolute atomic E-state index is 0. The van der Waals surface area contributed by atoms with E-state index in [1.807, 2.05) is 0 Å². The van der Waals surface area contributed by atoms with Crippen molar-refractivity contribution < 1.29 is 27.7 Å². The van der Waals surface area contributed by atoms with Crippen LogP contribution >= 0.6 is 0 Å². The maximum atomic E-state index is 6.00. The Labute approximate surface area is 55.8 Å². The predicted octanol–water partition coefficient (Wildman–Crippen LogP) is -0.0831. The third-order valence-electron chi connectivity index (χ3n) is 0.124. The fourth-order valence-electron chi connectivity index (χ4n) is 0.0333. The molecule has 0 amide bonds. The molecule has 0 bridgehead atoms. The number of nitrogens with zero attached hydrogens (tertiary/aromatic N) is 2. The van der Waals surface area contributed by atoms with Crippen molar-refractivity contribution in [1.29, 1.82) is 5.53 Å². The predicted molar refractivity (Wildman–Crippen MR) is 17.8 cm³/mol. The van der Waals surface area contributed by atoms with Crippen molar-refractivity contribution in [1.82, 2.24) is 0 Å². The second kappa shape index (κ2) is 8.89. The number of hydrazone groups is 1. The first kappa shape index (κ1) is 9.38. The Balaban J connectivity index is 0. The Morgan fingerprint density at radius 3 is 2.17 bits per heavy atom. The van der Waals surface area contributed by atoms with Gasteiger partial charge in [-0.1, -0.05) is 0 Å². The molecular weight excluding hydrogens is 269 g/mol. The standard InChI is InChI=1S/CH4N4.Hg/c2-4-1-5-3;/h1-2H,3H2;. The molecule has 0 aliphatic heterocycles. The van der Waals surface area contributed by atoms with Crippen molar-refractivity contribution in [2.45, 2.75) is 0 Å². The molecule has 0 heterocycles. The molecule has 0 radical (unpaired) electrons. The molecule has 0 saturated heterocycles. The molecule has 0 aliphatic carbocycles. The second-order valence-electron chi connectivity index (χ2n) is 0.394. The zero-order valence-corrected chi connectivity index (χ0v) is 8.75. The summed E-state index contributed by atoms with van der Waals surface area (Å²) in [6.45, 7) is 0. The maximum absolute atomic E-state index is 6.00. The van der Waals surface area contributed by atoms with Gasteiger partial charge < -0.3 is 5.84 Å². The van der Waals surface area contributed by atoms with Crippen molar-refractivity contribution in [3.63, 3.8) is 0 Å². The number of hydrogen-bond donors (Lipinski definition) is 2. The Morgan fingerprint density at radius 1 is 1.67 bits per heavy atom. The molecule has 0 unspecified atom stereocenters. The summed E-state index contributed by atoms with van der Waals surface area (Å²) in [6, 6.07) is 0. The molecule has 0 rings (SSSR count). The Bertz CT molecular complexity index is 49.5. The van der Waals surface area contributed by atoms with E-state index in [-0.39, 0.29) is 27.7 Å². The molecule has 4 nitrogen and oxygen atoms in total. The number of nitrogens with two attached hydrogens (primary N) is 1. The molecule has 0 fully saturated rings. The van der Waals surface area contributed by atoms with Gasteiger partial charge in [0.15, 0.2) is 6.34 Å². The molecule has 0 saturated carbocycles. The van der Waals surface area contributed by atoms with E-state index in [9.17, 15) is 0 Å². The van der Waals surface area contributed by atoms with Crippen molar-refractivity contribution in [2.24, 2.45) is 16.1 Å². The van der Waals surface area contributed by atoms with Crippen LogP contribution in [0.2, 0.25) is 0 Å². The minimum atomic E-state index is 0. The Hall–Kier alpha value is 0.00506. The van der Waals surface area contributed by atoms with Crippen molar-refractivity contribution in [3.8, 4) is 0 Å². The fourth-order valence-corrected chi connectivity index (χ4v) is 0.0333. The molecule has 5 heteroatoms. The normalized spacial score (nSPS) is 7.33. The zero-order chi connectivity index (χ0) is 4.12. The van der Waals surface area contributed by atoms with E-state index in [0.29, 0.717) is 0 Å². The molecule has 3 N–H and O–H groups in total. The van der Waals surface area contributed by atoms with Crippen LogP contribution in [0, 0.1) is 5.53 Å². The quantitative estimate of drug-likeness (QED) is 0.172. The smallest absolute Gasteiger partial charge is 0.156 e. The second-order valence-corrected chi connectivity index (χ2v) is 0.394. The monoisotopic (exact) mass is 274 g/mol. The van der Waals surface area contributed by atoms with Crippen molar-refractivity contribution >= 4 is 6.34 Å². The molecule has 0 aliphatic rings. The summed E-state index contributed by atoms with van der Waals surface area (Å²) in [5.41, 5.74) is 6.00. The average molecular weight is 273 g/mol. The molecule has 0 aromatic heterocycles. The van der Waals surface area contributed by atoms with Crippen molar-refractivity contribution in [3.05, 3.63) is 0 Å². The third-order valence-corrected chi connectivity index (χ3v) is 0.124. The van der Waals surface area contributed by atoms with E-state index in [1.165, 1.54) is 0 Å². The van der Waals surface area contributed by atoms with E-state index < -0.39 is 0 Å². The molecule has 0 aromatic carbocycles. The average Bonchev–Trinajstić information content (AvgIpc) is 1.41. The molecule has 6 heavy (non-hydrogen) atoms. The van der Waals surface area contributed by atoms with Crippen LogP contribution in [-0.4, -0.2) is 6.34 Å². The van der Waals surface area contributed by atoms with Crippen LogP contribution in [0.5, 0.6) is 0 Å². The Morgan fingerprint density at radius 2 is 2.17 bits per heavy atom. The van der Waals surface area contributed by atoms with E-state index in [1.54, 1.807) is 0 Å². The van der Waals surface area contributed by atoms with Gasteiger partial charge in [-0.05, 0) is 0 Å². The number of rotatable bonds is 1. The SMILES string of the molecule is N=NC=NN.[Hg]. The summed E-state index contributed by atoms with van der Waals surface area (Å²) in [7, 11) is 0. The van der Waals surface area contributed by atoms with E-state index >= 15 is 0 Å².